The van der Waals surface area contributed by atoms with Crippen LogP contribution in [0.3, 0.4) is 0 Å². The standard InChI is InChI=1S/C26H19Cl2N3O2/c27-20-7-8-22(28)21(13-20)24(18-6-9-23-17(12-18)10-11-33-23)31-26(32)19-14-29-25(30-15-19)16-4-2-1-3-5-16/h1-9,12-15,24H,10-11H2,(H,31,32). The van der Waals surface area contributed by atoms with Gasteiger partial charge >= 0.3 is 0 Å². The Morgan fingerprint density at radius 1 is 0.970 bits per heavy atom. The molecule has 5 rings (SSSR count). The smallest absolute Gasteiger partial charge is 0.255 e. The van der Waals surface area contributed by atoms with Gasteiger partial charge in [-0.25, -0.2) is 9.97 Å². The number of amides is 1. The molecule has 0 bridgehead atoms. The Bertz CT molecular complexity index is 1310. The van der Waals surface area contributed by atoms with Gasteiger partial charge in [-0.1, -0.05) is 59.6 Å². The van der Waals surface area contributed by atoms with Gasteiger partial charge in [0.2, 0.25) is 0 Å². The molecule has 4 aromatic rings. The number of benzene rings is 3. The largest absolute Gasteiger partial charge is 0.493 e. The average Bonchev–Trinajstić information content (AvgIpc) is 3.33. The van der Waals surface area contributed by atoms with Crippen molar-refractivity contribution in [2.75, 3.05) is 6.61 Å². The topological polar surface area (TPSA) is 64.1 Å². The summed E-state index contributed by atoms with van der Waals surface area (Å²) in [6, 6.07) is 20.2. The van der Waals surface area contributed by atoms with Crippen molar-refractivity contribution in [3.63, 3.8) is 0 Å². The van der Waals surface area contributed by atoms with Crippen molar-refractivity contribution in [1.29, 1.82) is 0 Å². The minimum atomic E-state index is -0.511. The number of nitrogens with zero attached hydrogens (tertiary/aromatic N) is 2. The van der Waals surface area contributed by atoms with E-state index in [1.54, 1.807) is 18.2 Å². The number of carbonyl (C=O) groups excluding carboxylic acids is 1. The van der Waals surface area contributed by atoms with E-state index in [4.69, 9.17) is 27.9 Å². The molecule has 0 saturated carbocycles. The zero-order valence-electron chi connectivity index (χ0n) is 17.5. The molecule has 0 radical (unpaired) electrons. The second-order valence-corrected chi connectivity index (χ2v) is 8.54. The number of halogens is 2. The number of hydrogen-bond acceptors (Lipinski definition) is 4. The molecule has 1 N–H and O–H groups in total. The molecule has 33 heavy (non-hydrogen) atoms. The van der Waals surface area contributed by atoms with Gasteiger partial charge in [-0.2, -0.15) is 0 Å². The molecule has 7 heteroatoms. The quantitative estimate of drug-likeness (QED) is 0.389. The van der Waals surface area contributed by atoms with Crippen LogP contribution in [0.25, 0.3) is 11.4 Å². The average molecular weight is 476 g/mol. The fourth-order valence-corrected chi connectivity index (χ4v) is 4.27. The Morgan fingerprint density at radius 2 is 1.76 bits per heavy atom. The van der Waals surface area contributed by atoms with Crippen LogP contribution in [-0.2, 0) is 6.42 Å². The molecule has 1 unspecified atom stereocenters. The summed E-state index contributed by atoms with van der Waals surface area (Å²) in [7, 11) is 0. The first-order valence-electron chi connectivity index (χ1n) is 10.5. The molecule has 1 aliphatic rings. The van der Waals surface area contributed by atoms with E-state index in [1.165, 1.54) is 12.4 Å². The molecule has 5 nitrogen and oxygen atoms in total. The normalized spacial score (nSPS) is 13.2. The zero-order valence-corrected chi connectivity index (χ0v) is 19.0. The maximum absolute atomic E-state index is 13.2. The van der Waals surface area contributed by atoms with Gasteiger partial charge in [0.1, 0.15) is 5.75 Å². The second kappa shape index (κ2) is 9.22. The van der Waals surface area contributed by atoms with Gasteiger partial charge in [-0.15, -0.1) is 0 Å². The monoisotopic (exact) mass is 475 g/mol. The lowest BCUT2D eigenvalue weighted by molar-refractivity contribution is 0.0942. The summed E-state index contributed by atoms with van der Waals surface area (Å²) in [5.41, 5.74) is 3.92. The minimum absolute atomic E-state index is 0.313. The highest BCUT2D eigenvalue weighted by atomic mass is 35.5. The summed E-state index contributed by atoms with van der Waals surface area (Å²) in [6.45, 7) is 0.652. The zero-order chi connectivity index (χ0) is 22.8. The van der Waals surface area contributed by atoms with Gasteiger partial charge in [0.15, 0.2) is 5.82 Å². The van der Waals surface area contributed by atoms with Crippen LogP contribution in [0.5, 0.6) is 5.75 Å². The Hall–Kier alpha value is -3.41. The highest BCUT2D eigenvalue weighted by Gasteiger charge is 2.23. The molecule has 0 spiro atoms. The first-order valence-corrected chi connectivity index (χ1v) is 11.2. The number of aromatic nitrogens is 2. The lowest BCUT2D eigenvalue weighted by Gasteiger charge is -2.22. The van der Waals surface area contributed by atoms with E-state index >= 15 is 0 Å². The van der Waals surface area contributed by atoms with E-state index < -0.39 is 6.04 Å². The summed E-state index contributed by atoms with van der Waals surface area (Å²) >= 11 is 12.8. The fourth-order valence-electron chi connectivity index (χ4n) is 3.86. The molecule has 1 aromatic heterocycles. The number of hydrogen-bond donors (Lipinski definition) is 1. The van der Waals surface area contributed by atoms with Crippen molar-refractivity contribution in [3.05, 3.63) is 111 Å². The van der Waals surface area contributed by atoms with Gasteiger partial charge in [0.05, 0.1) is 18.2 Å². The first kappa shape index (κ1) is 21.4. The van der Waals surface area contributed by atoms with Crippen molar-refractivity contribution < 1.29 is 9.53 Å². The van der Waals surface area contributed by atoms with E-state index in [2.05, 4.69) is 15.3 Å². The molecule has 1 atom stereocenters. The van der Waals surface area contributed by atoms with Crippen LogP contribution in [0, 0.1) is 0 Å². The van der Waals surface area contributed by atoms with E-state index in [0.29, 0.717) is 33.6 Å². The summed E-state index contributed by atoms with van der Waals surface area (Å²) < 4.78 is 5.63. The molecule has 0 fully saturated rings. The molecular formula is C26H19Cl2N3O2. The van der Waals surface area contributed by atoms with Crippen LogP contribution < -0.4 is 10.1 Å². The third-order valence-corrected chi connectivity index (χ3v) is 6.12. The van der Waals surface area contributed by atoms with Gasteiger partial charge in [0, 0.05) is 34.4 Å². The van der Waals surface area contributed by atoms with Crippen LogP contribution in [0.4, 0.5) is 0 Å². The van der Waals surface area contributed by atoms with Gasteiger partial charge in [-0.3, -0.25) is 4.79 Å². The Morgan fingerprint density at radius 3 is 2.55 bits per heavy atom. The molecule has 3 aromatic carbocycles. The number of carbonyl (C=O) groups is 1. The maximum Gasteiger partial charge on any atom is 0.255 e. The summed E-state index contributed by atoms with van der Waals surface area (Å²) in [5.74, 6) is 1.11. The van der Waals surface area contributed by atoms with E-state index in [0.717, 1.165) is 28.9 Å². The fraction of sp³-hybridized carbons (Fsp3) is 0.115. The van der Waals surface area contributed by atoms with E-state index in [9.17, 15) is 4.79 Å². The Kier molecular flexibility index (Phi) is 5.99. The predicted molar refractivity (Wildman–Crippen MR) is 129 cm³/mol. The molecular weight excluding hydrogens is 457 g/mol. The minimum Gasteiger partial charge on any atom is -0.493 e. The van der Waals surface area contributed by atoms with Crippen molar-refractivity contribution in [2.24, 2.45) is 0 Å². The number of ether oxygens (including phenoxy) is 1. The lowest BCUT2D eigenvalue weighted by Crippen LogP contribution is -2.30. The van der Waals surface area contributed by atoms with Crippen molar-refractivity contribution in [2.45, 2.75) is 12.5 Å². The Labute approximate surface area is 201 Å². The number of fused-ring (bicyclic) bond motifs is 1. The molecule has 0 aliphatic carbocycles. The molecule has 1 amide bonds. The number of rotatable bonds is 5. The highest BCUT2D eigenvalue weighted by molar-refractivity contribution is 6.33. The third-order valence-electron chi connectivity index (χ3n) is 5.54. The molecule has 1 aliphatic heterocycles. The number of nitrogens with one attached hydrogen (secondary N) is 1. The second-order valence-electron chi connectivity index (χ2n) is 7.70. The van der Waals surface area contributed by atoms with Crippen LogP contribution in [0.2, 0.25) is 10.0 Å². The van der Waals surface area contributed by atoms with Crippen LogP contribution >= 0.6 is 23.2 Å². The van der Waals surface area contributed by atoms with Crippen molar-refractivity contribution in [3.8, 4) is 17.1 Å². The van der Waals surface area contributed by atoms with E-state index in [-0.39, 0.29) is 5.91 Å². The molecule has 0 saturated heterocycles. The molecule has 164 valence electrons. The van der Waals surface area contributed by atoms with Gasteiger partial charge in [0.25, 0.3) is 5.91 Å². The lowest BCUT2D eigenvalue weighted by atomic mass is 9.96. The predicted octanol–water partition coefficient (Wildman–Crippen LogP) is 5.90. The molecule has 2 heterocycles. The van der Waals surface area contributed by atoms with Crippen LogP contribution in [0.1, 0.15) is 33.1 Å². The van der Waals surface area contributed by atoms with Gasteiger partial charge in [-0.05, 0) is 47.0 Å². The van der Waals surface area contributed by atoms with Crippen molar-refractivity contribution in [1.82, 2.24) is 15.3 Å². The van der Waals surface area contributed by atoms with Gasteiger partial charge < -0.3 is 10.1 Å². The van der Waals surface area contributed by atoms with Crippen LogP contribution in [-0.4, -0.2) is 22.5 Å². The third kappa shape index (κ3) is 4.56. The SMILES string of the molecule is O=C(NC(c1ccc2c(c1)CCO2)c1cc(Cl)ccc1Cl)c1cnc(-c2ccccc2)nc1. The summed E-state index contributed by atoms with van der Waals surface area (Å²) in [5, 5.41) is 4.13. The summed E-state index contributed by atoms with van der Waals surface area (Å²) in [4.78, 5) is 21.9. The first-order chi connectivity index (χ1) is 16.1. The Balaban J connectivity index is 1.47. The van der Waals surface area contributed by atoms with Crippen molar-refractivity contribution >= 4 is 29.1 Å². The highest BCUT2D eigenvalue weighted by Crippen LogP contribution is 2.34. The summed E-state index contributed by atoms with van der Waals surface area (Å²) in [6.07, 6.45) is 3.87. The van der Waals surface area contributed by atoms with E-state index in [1.807, 2.05) is 48.5 Å². The van der Waals surface area contributed by atoms with Crippen LogP contribution in [0.15, 0.2) is 79.1 Å². The maximum atomic E-state index is 13.2.